The Balaban J connectivity index is 2.05. The number of benzene rings is 1. The van der Waals surface area contributed by atoms with E-state index in [1.165, 1.54) is 11.3 Å². The third-order valence-corrected chi connectivity index (χ3v) is 3.80. The maximum Gasteiger partial charge on any atom is 0.335 e. The lowest BCUT2D eigenvalue weighted by Crippen LogP contribution is -2.19. The molecule has 0 aliphatic carbocycles. The molecule has 6 heteroatoms. The first kappa shape index (κ1) is 15.5. The highest BCUT2D eigenvalue weighted by Crippen LogP contribution is 2.24. The maximum absolute atomic E-state index is 11.0. The highest BCUT2D eigenvalue weighted by atomic mass is 32.1. The Kier molecular flexibility index (Phi) is 5.30. The minimum absolute atomic E-state index is 0.210. The van der Waals surface area contributed by atoms with Gasteiger partial charge in [-0.3, -0.25) is 0 Å². The number of carboxylic acid groups (broad SMARTS) is 1. The molecule has 0 saturated heterocycles. The zero-order valence-corrected chi connectivity index (χ0v) is 12.9. The van der Waals surface area contributed by atoms with Gasteiger partial charge in [-0.25, -0.2) is 9.78 Å². The molecule has 0 fully saturated rings. The van der Waals surface area contributed by atoms with Crippen LogP contribution in [-0.4, -0.2) is 22.6 Å². The van der Waals surface area contributed by atoms with Gasteiger partial charge in [0.2, 0.25) is 0 Å². The van der Waals surface area contributed by atoms with Crippen molar-refractivity contribution in [2.45, 2.75) is 26.3 Å². The quantitative estimate of drug-likeness (QED) is 0.728. The van der Waals surface area contributed by atoms with Crippen LogP contribution in [0.3, 0.4) is 0 Å². The standard InChI is InChI=1S/C15H19N3O2S/c1-3-7-16-10(2)13-9-21-15(18-13)17-12-6-4-5-11(8-12)14(19)20/h4-6,8-10,16H,3,7H2,1-2H3,(H,17,18)(H,19,20). The van der Waals surface area contributed by atoms with Gasteiger partial charge in [0.15, 0.2) is 5.13 Å². The van der Waals surface area contributed by atoms with Crippen molar-refractivity contribution in [3.05, 3.63) is 40.9 Å². The van der Waals surface area contributed by atoms with Crippen LogP contribution in [0.2, 0.25) is 0 Å². The molecule has 5 nitrogen and oxygen atoms in total. The van der Waals surface area contributed by atoms with E-state index >= 15 is 0 Å². The number of hydrogen-bond donors (Lipinski definition) is 3. The van der Waals surface area contributed by atoms with Gasteiger partial charge in [-0.2, -0.15) is 0 Å². The minimum Gasteiger partial charge on any atom is -0.478 e. The summed E-state index contributed by atoms with van der Waals surface area (Å²) in [5.41, 5.74) is 1.98. The van der Waals surface area contributed by atoms with Crippen LogP contribution in [0.15, 0.2) is 29.6 Å². The molecule has 0 bridgehead atoms. The van der Waals surface area contributed by atoms with Gasteiger partial charge >= 0.3 is 5.97 Å². The Labute approximate surface area is 128 Å². The molecule has 2 rings (SSSR count). The van der Waals surface area contributed by atoms with Crippen molar-refractivity contribution in [2.24, 2.45) is 0 Å². The highest BCUT2D eigenvalue weighted by Gasteiger charge is 2.10. The summed E-state index contributed by atoms with van der Waals surface area (Å²) in [6.45, 7) is 5.17. The molecule has 1 unspecified atom stereocenters. The Morgan fingerprint density at radius 1 is 1.48 bits per heavy atom. The molecule has 1 aromatic carbocycles. The molecule has 3 N–H and O–H groups in total. The van der Waals surface area contributed by atoms with Crippen LogP contribution in [0.25, 0.3) is 0 Å². The van der Waals surface area contributed by atoms with Gasteiger partial charge in [-0.05, 0) is 38.1 Å². The molecule has 0 aliphatic heterocycles. The third-order valence-electron chi connectivity index (χ3n) is 3.03. The van der Waals surface area contributed by atoms with E-state index in [9.17, 15) is 4.79 Å². The summed E-state index contributed by atoms with van der Waals surface area (Å²) in [7, 11) is 0. The number of thiazole rings is 1. The molecular formula is C15H19N3O2S. The van der Waals surface area contributed by atoms with Crippen molar-refractivity contribution in [1.29, 1.82) is 0 Å². The average Bonchev–Trinajstić information content (AvgIpc) is 2.93. The van der Waals surface area contributed by atoms with Gasteiger partial charge in [0, 0.05) is 17.1 Å². The molecule has 1 aromatic heterocycles. The molecule has 0 radical (unpaired) electrons. The number of aromatic nitrogens is 1. The van der Waals surface area contributed by atoms with E-state index in [2.05, 4.69) is 29.5 Å². The van der Waals surface area contributed by atoms with Gasteiger partial charge in [-0.1, -0.05) is 13.0 Å². The number of hydrogen-bond acceptors (Lipinski definition) is 5. The van der Waals surface area contributed by atoms with Gasteiger partial charge in [0.05, 0.1) is 11.3 Å². The zero-order chi connectivity index (χ0) is 15.2. The summed E-state index contributed by atoms with van der Waals surface area (Å²) in [5.74, 6) is -0.934. The summed E-state index contributed by atoms with van der Waals surface area (Å²) in [6.07, 6.45) is 1.08. The fraction of sp³-hybridized carbons (Fsp3) is 0.333. The van der Waals surface area contributed by atoms with Crippen molar-refractivity contribution in [3.8, 4) is 0 Å². The summed E-state index contributed by atoms with van der Waals surface area (Å²) in [4.78, 5) is 15.5. The van der Waals surface area contributed by atoms with Crippen molar-refractivity contribution in [2.75, 3.05) is 11.9 Å². The Morgan fingerprint density at radius 3 is 3.00 bits per heavy atom. The van der Waals surface area contributed by atoms with Gasteiger partial charge in [-0.15, -0.1) is 11.3 Å². The lowest BCUT2D eigenvalue weighted by atomic mass is 10.2. The number of carboxylic acids is 1. The lowest BCUT2D eigenvalue weighted by molar-refractivity contribution is 0.0697. The number of nitrogens with one attached hydrogen (secondary N) is 2. The molecule has 112 valence electrons. The molecule has 0 saturated carbocycles. The number of aromatic carboxylic acids is 1. The predicted octanol–water partition coefficient (Wildman–Crippen LogP) is 3.65. The van der Waals surface area contributed by atoms with Gasteiger partial charge in [0.25, 0.3) is 0 Å². The van der Waals surface area contributed by atoms with E-state index in [1.807, 2.05) is 11.4 Å². The van der Waals surface area contributed by atoms with Crippen LogP contribution in [0.5, 0.6) is 0 Å². The van der Waals surface area contributed by atoms with E-state index < -0.39 is 5.97 Å². The summed E-state index contributed by atoms with van der Waals surface area (Å²) >= 11 is 1.51. The van der Waals surface area contributed by atoms with Crippen LogP contribution < -0.4 is 10.6 Å². The Hall–Kier alpha value is -1.92. The van der Waals surface area contributed by atoms with E-state index in [-0.39, 0.29) is 11.6 Å². The van der Waals surface area contributed by atoms with Crippen LogP contribution in [0, 0.1) is 0 Å². The number of carbonyl (C=O) groups is 1. The third kappa shape index (κ3) is 4.27. The second-order valence-electron chi connectivity index (χ2n) is 4.76. The summed E-state index contributed by atoms with van der Waals surface area (Å²) < 4.78 is 0. The smallest absolute Gasteiger partial charge is 0.335 e. The molecule has 1 atom stereocenters. The number of anilines is 2. The Bertz CT molecular complexity index is 612. The molecule has 1 heterocycles. The predicted molar refractivity (Wildman–Crippen MR) is 85.5 cm³/mol. The Morgan fingerprint density at radius 2 is 2.29 bits per heavy atom. The van der Waals surface area contributed by atoms with Crippen LogP contribution >= 0.6 is 11.3 Å². The van der Waals surface area contributed by atoms with E-state index in [1.54, 1.807) is 18.2 Å². The second-order valence-corrected chi connectivity index (χ2v) is 5.62. The SMILES string of the molecule is CCCNC(C)c1csc(Nc2cccc(C(=O)O)c2)n1. The second kappa shape index (κ2) is 7.19. The fourth-order valence-electron chi connectivity index (χ4n) is 1.86. The average molecular weight is 305 g/mol. The van der Waals surface area contributed by atoms with E-state index in [4.69, 9.17) is 5.11 Å². The van der Waals surface area contributed by atoms with Crippen molar-refractivity contribution < 1.29 is 9.90 Å². The van der Waals surface area contributed by atoms with E-state index in [0.29, 0.717) is 0 Å². The molecule has 0 amide bonds. The fourth-order valence-corrected chi connectivity index (χ4v) is 2.69. The zero-order valence-electron chi connectivity index (χ0n) is 12.1. The first-order chi connectivity index (χ1) is 10.1. The maximum atomic E-state index is 11.0. The molecule has 0 aliphatic rings. The number of rotatable bonds is 7. The van der Waals surface area contributed by atoms with Crippen molar-refractivity contribution in [1.82, 2.24) is 10.3 Å². The number of nitrogens with zero attached hydrogens (tertiary/aromatic N) is 1. The van der Waals surface area contributed by atoms with Gasteiger partial charge in [0.1, 0.15) is 0 Å². The summed E-state index contributed by atoms with van der Waals surface area (Å²) in [5, 5.41) is 18.3. The summed E-state index contributed by atoms with van der Waals surface area (Å²) in [6, 6.07) is 6.92. The van der Waals surface area contributed by atoms with E-state index in [0.717, 1.165) is 29.5 Å². The minimum atomic E-state index is -0.934. The molecule has 21 heavy (non-hydrogen) atoms. The first-order valence-electron chi connectivity index (χ1n) is 6.89. The molecular weight excluding hydrogens is 286 g/mol. The van der Waals surface area contributed by atoms with Crippen molar-refractivity contribution >= 4 is 28.1 Å². The van der Waals surface area contributed by atoms with Crippen LogP contribution in [-0.2, 0) is 0 Å². The molecule has 2 aromatic rings. The van der Waals surface area contributed by atoms with Gasteiger partial charge < -0.3 is 15.7 Å². The first-order valence-corrected chi connectivity index (χ1v) is 7.77. The largest absolute Gasteiger partial charge is 0.478 e. The van der Waals surface area contributed by atoms with Crippen molar-refractivity contribution in [3.63, 3.8) is 0 Å². The highest BCUT2D eigenvalue weighted by molar-refractivity contribution is 7.13. The monoisotopic (exact) mass is 305 g/mol. The van der Waals surface area contributed by atoms with Crippen LogP contribution in [0.1, 0.15) is 42.4 Å². The van der Waals surface area contributed by atoms with Crippen LogP contribution in [0.4, 0.5) is 10.8 Å². The topological polar surface area (TPSA) is 74.2 Å². The normalized spacial score (nSPS) is 12.1. The molecule has 0 spiro atoms. The lowest BCUT2D eigenvalue weighted by Gasteiger charge is -2.09.